The van der Waals surface area contributed by atoms with Crippen LogP contribution < -0.4 is 0 Å². The summed E-state index contributed by atoms with van der Waals surface area (Å²) in [5, 5.41) is 0. The van der Waals surface area contributed by atoms with Gasteiger partial charge in [0.2, 0.25) is 0 Å². The number of methoxy groups -OCH3 is 1. The summed E-state index contributed by atoms with van der Waals surface area (Å²) < 4.78 is 5.00. The van der Waals surface area contributed by atoms with Gasteiger partial charge in [0, 0.05) is 0 Å². The molecule has 1 rings (SSSR count). The number of ether oxygens (including phenoxy) is 1. The molecule has 0 aliphatic carbocycles. The van der Waals surface area contributed by atoms with Gasteiger partial charge in [-0.25, -0.2) is 4.79 Å². The first-order valence-electron chi connectivity index (χ1n) is 4.89. The highest BCUT2D eigenvalue weighted by molar-refractivity contribution is 9.12. The lowest BCUT2D eigenvalue weighted by Crippen LogP contribution is -1.98. The lowest BCUT2D eigenvalue weighted by molar-refractivity contribution is -0.135. The molecule has 0 bridgehead atoms. The minimum Gasteiger partial charge on any atom is -0.465 e. The van der Waals surface area contributed by atoms with Crippen LogP contribution in [0.5, 0.6) is 0 Å². The summed E-state index contributed by atoms with van der Waals surface area (Å²) in [5.74, 6) is -0.354. The van der Waals surface area contributed by atoms with E-state index in [-0.39, 0.29) is 5.97 Å². The fraction of sp³-hybridized carbons (Fsp3) is 0.154. The van der Waals surface area contributed by atoms with Crippen LogP contribution in [0.4, 0.5) is 0 Å². The van der Waals surface area contributed by atoms with Crippen molar-refractivity contribution in [3.63, 3.8) is 0 Å². The summed E-state index contributed by atoms with van der Waals surface area (Å²) in [6, 6.07) is 10.00. The second kappa shape index (κ2) is 7.01. The Morgan fingerprint density at radius 2 is 2.06 bits per heavy atom. The van der Waals surface area contributed by atoms with Gasteiger partial charge in [-0.1, -0.05) is 48.6 Å². The average molecular weight is 281 g/mol. The summed E-state index contributed by atoms with van der Waals surface area (Å²) in [6.45, 7) is 0. The Kier molecular flexibility index (Phi) is 5.57. The first-order chi connectivity index (χ1) is 7.74. The van der Waals surface area contributed by atoms with Crippen molar-refractivity contribution in [3.05, 3.63) is 52.5 Å². The summed E-state index contributed by atoms with van der Waals surface area (Å²) >= 11 is 3.14. The molecule has 3 heteroatoms. The molecule has 1 aromatic rings. The predicted molar refractivity (Wildman–Crippen MR) is 69.1 cm³/mol. The number of benzene rings is 1. The number of allylic oxidation sites excluding steroid dienone is 2. The molecule has 0 heterocycles. The summed E-state index contributed by atoms with van der Waals surface area (Å²) in [5.41, 5.74) is 1.14. The van der Waals surface area contributed by atoms with E-state index < -0.39 is 0 Å². The van der Waals surface area contributed by atoms with Gasteiger partial charge in [-0.05, 0) is 27.9 Å². The average Bonchev–Trinajstić information content (AvgIpc) is 2.34. The van der Waals surface area contributed by atoms with E-state index in [1.165, 1.54) is 7.11 Å². The molecular weight excluding hydrogens is 268 g/mol. The van der Waals surface area contributed by atoms with Crippen LogP contribution in [-0.2, 0) is 9.53 Å². The number of halogens is 1. The second-order valence-electron chi connectivity index (χ2n) is 3.09. The first-order valence-corrected chi connectivity index (χ1v) is 5.69. The zero-order valence-corrected chi connectivity index (χ0v) is 10.6. The van der Waals surface area contributed by atoms with E-state index in [1.807, 2.05) is 42.5 Å². The van der Waals surface area contributed by atoms with Gasteiger partial charge in [0.05, 0.1) is 11.6 Å². The molecular formula is C13H13BrO2. The van der Waals surface area contributed by atoms with Crippen molar-refractivity contribution in [1.82, 2.24) is 0 Å². The molecule has 0 saturated carbocycles. The monoisotopic (exact) mass is 280 g/mol. The normalized spacial score (nSPS) is 11.8. The largest absolute Gasteiger partial charge is 0.465 e. The molecule has 0 unspecified atom stereocenters. The topological polar surface area (TPSA) is 26.3 Å². The van der Waals surface area contributed by atoms with Crippen molar-refractivity contribution >= 4 is 28.0 Å². The molecule has 0 N–H and O–H groups in total. The van der Waals surface area contributed by atoms with Crippen molar-refractivity contribution in [2.75, 3.05) is 7.11 Å². The second-order valence-corrected chi connectivity index (χ2v) is 3.95. The van der Waals surface area contributed by atoms with Crippen LogP contribution in [0.3, 0.4) is 0 Å². The summed E-state index contributed by atoms with van der Waals surface area (Å²) in [4.78, 5) is 11.0. The van der Waals surface area contributed by atoms with Crippen molar-refractivity contribution in [2.45, 2.75) is 6.42 Å². The number of hydrogen-bond donors (Lipinski definition) is 0. The van der Waals surface area contributed by atoms with Gasteiger partial charge < -0.3 is 4.74 Å². The van der Waals surface area contributed by atoms with Crippen LogP contribution in [0.2, 0.25) is 0 Å². The predicted octanol–water partition coefficient (Wildman–Crippen LogP) is 3.54. The fourth-order valence-electron chi connectivity index (χ4n) is 1.12. The zero-order valence-electron chi connectivity index (χ0n) is 9.02. The molecule has 84 valence electrons. The molecule has 2 nitrogen and oxygen atoms in total. The molecule has 0 saturated heterocycles. The fourth-order valence-corrected chi connectivity index (χ4v) is 1.47. The lowest BCUT2D eigenvalue weighted by atomic mass is 10.2. The third-order valence-electron chi connectivity index (χ3n) is 1.92. The highest BCUT2D eigenvalue weighted by atomic mass is 79.9. The third kappa shape index (κ3) is 4.45. The van der Waals surface area contributed by atoms with Crippen LogP contribution in [0.25, 0.3) is 6.08 Å². The maximum Gasteiger partial charge on any atom is 0.344 e. The molecule has 0 atom stereocenters. The van der Waals surface area contributed by atoms with Crippen LogP contribution in [-0.4, -0.2) is 13.1 Å². The smallest absolute Gasteiger partial charge is 0.344 e. The van der Waals surface area contributed by atoms with E-state index in [4.69, 9.17) is 0 Å². The van der Waals surface area contributed by atoms with Crippen LogP contribution in [0.15, 0.2) is 47.0 Å². The Bertz CT molecular complexity index is 394. The van der Waals surface area contributed by atoms with E-state index in [0.717, 1.165) is 5.56 Å². The number of hydrogen-bond acceptors (Lipinski definition) is 2. The van der Waals surface area contributed by atoms with E-state index in [9.17, 15) is 4.79 Å². The lowest BCUT2D eigenvalue weighted by Gasteiger charge is -1.94. The molecule has 0 radical (unpaired) electrons. The zero-order chi connectivity index (χ0) is 11.8. The SMILES string of the molecule is COC(=O)/C(Br)=C\C/C=C/c1ccccc1. The summed E-state index contributed by atoms with van der Waals surface area (Å²) in [6.07, 6.45) is 6.45. The van der Waals surface area contributed by atoms with E-state index in [1.54, 1.807) is 6.08 Å². The van der Waals surface area contributed by atoms with Gasteiger partial charge in [0.25, 0.3) is 0 Å². The van der Waals surface area contributed by atoms with Crippen LogP contribution in [0.1, 0.15) is 12.0 Å². The standard InChI is InChI=1S/C13H13BrO2/c1-16-13(15)12(14)10-6-5-9-11-7-3-2-4-8-11/h2-5,7-10H,6H2,1H3/b9-5+,12-10+. The highest BCUT2D eigenvalue weighted by Gasteiger charge is 2.02. The third-order valence-corrected chi connectivity index (χ3v) is 2.57. The Morgan fingerprint density at radius 1 is 1.38 bits per heavy atom. The Morgan fingerprint density at radius 3 is 2.69 bits per heavy atom. The molecule has 0 fully saturated rings. The minimum atomic E-state index is -0.354. The molecule has 1 aromatic carbocycles. The quantitative estimate of drug-likeness (QED) is 0.623. The molecule has 0 spiro atoms. The molecule has 0 aromatic heterocycles. The highest BCUT2D eigenvalue weighted by Crippen LogP contribution is 2.09. The van der Waals surface area contributed by atoms with Gasteiger partial charge >= 0.3 is 5.97 Å². The van der Waals surface area contributed by atoms with Gasteiger partial charge in [0.1, 0.15) is 0 Å². The molecule has 0 aliphatic rings. The van der Waals surface area contributed by atoms with E-state index >= 15 is 0 Å². The van der Waals surface area contributed by atoms with Crippen LogP contribution in [0, 0.1) is 0 Å². The van der Waals surface area contributed by atoms with E-state index in [0.29, 0.717) is 10.9 Å². The number of carbonyl (C=O) groups excluding carboxylic acids is 1. The maximum atomic E-state index is 11.0. The van der Waals surface area contributed by atoms with Crippen molar-refractivity contribution < 1.29 is 9.53 Å². The summed E-state index contributed by atoms with van der Waals surface area (Å²) in [7, 11) is 1.36. The number of carbonyl (C=O) groups is 1. The molecule has 0 aliphatic heterocycles. The number of esters is 1. The van der Waals surface area contributed by atoms with Crippen molar-refractivity contribution in [3.8, 4) is 0 Å². The Labute approximate surface area is 104 Å². The maximum absolute atomic E-state index is 11.0. The van der Waals surface area contributed by atoms with Crippen LogP contribution >= 0.6 is 15.9 Å². The van der Waals surface area contributed by atoms with Gasteiger partial charge in [-0.3, -0.25) is 0 Å². The first kappa shape index (κ1) is 12.7. The minimum absolute atomic E-state index is 0.354. The Hall–Kier alpha value is -1.35. The molecule has 0 amide bonds. The van der Waals surface area contributed by atoms with Gasteiger partial charge in [-0.2, -0.15) is 0 Å². The van der Waals surface area contributed by atoms with Crippen molar-refractivity contribution in [1.29, 1.82) is 0 Å². The molecule has 16 heavy (non-hydrogen) atoms. The van der Waals surface area contributed by atoms with Gasteiger partial charge in [-0.15, -0.1) is 0 Å². The van der Waals surface area contributed by atoms with E-state index in [2.05, 4.69) is 20.7 Å². The number of rotatable bonds is 4. The van der Waals surface area contributed by atoms with Gasteiger partial charge in [0.15, 0.2) is 0 Å². The van der Waals surface area contributed by atoms with Crippen molar-refractivity contribution in [2.24, 2.45) is 0 Å². The Balaban J connectivity index is 2.47.